The lowest BCUT2D eigenvalue weighted by atomic mass is 10.3. The maximum absolute atomic E-state index is 9.60. The molecule has 0 aromatic carbocycles. The van der Waals surface area contributed by atoms with E-state index in [2.05, 4.69) is 17.0 Å². The van der Waals surface area contributed by atoms with Crippen molar-refractivity contribution in [2.75, 3.05) is 6.61 Å². The lowest BCUT2D eigenvalue weighted by molar-refractivity contribution is 0.163. The van der Waals surface area contributed by atoms with Gasteiger partial charge in [0.2, 0.25) is 0 Å². The van der Waals surface area contributed by atoms with E-state index in [1.165, 1.54) is 0 Å². The van der Waals surface area contributed by atoms with E-state index >= 15 is 0 Å². The van der Waals surface area contributed by atoms with Gasteiger partial charge < -0.3 is 14.9 Å². The monoisotopic (exact) mass is 213 g/mol. The maximum atomic E-state index is 9.60. The minimum atomic E-state index is -0.711. The van der Waals surface area contributed by atoms with Gasteiger partial charge in [-0.1, -0.05) is 14.0 Å². The van der Waals surface area contributed by atoms with E-state index < -0.39 is 6.09 Å². The number of nitrogens with two attached hydrogens (primary N) is 1. The van der Waals surface area contributed by atoms with Crippen LogP contribution in [0, 0.1) is 0 Å². The van der Waals surface area contributed by atoms with Gasteiger partial charge in [0, 0.05) is 0 Å². The van der Waals surface area contributed by atoms with Crippen LogP contribution < -0.4 is 5.73 Å². The fraction of sp³-hybridized carbons (Fsp3) is 0.364. The largest absolute Gasteiger partial charge is 0.465 e. The topological polar surface area (TPSA) is 65.5 Å². The third kappa shape index (κ3) is 8.62. The molecule has 2 N–H and O–H groups in total. The second-order valence-corrected chi connectivity index (χ2v) is 2.51. The van der Waals surface area contributed by atoms with Crippen molar-refractivity contribution in [3.63, 3.8) is 0 Å². The van der Waals surface area contributed by atoms with Crippen molar-refractivity contribution in [3.05, 3.63) is 30.7 Å². The van der Waals surface area contributed by atoms with Crippen LogP contribution >= 0.6 is 0 Å². The number of hydrogen-bond donors (Lipinski definition) is 1. The lowest BCUT2D eigenvalue weighted by Crippen LogP contribution is -2.11. The van der Waals surface area contributed by atoms with Crippen molar-refractivity contribution in [1.29, 1.82) is 0 Å². The summed E-state index contributed by atoms with van der Waals surface area (Å²) in [6.45, 7) is 7.68. The number of hydrogen-bond acceptors (Lipinski definition) is 3. The molecule has 0 aliphatic heterocycles. The summed E-state index contributed by atoms with van der Waals surface area (Å²) < 4.78 is 9.18. The van der Waals surface area contributed by atoms with E-state index in [0.717, 1.165) is 11.3 Å². The summed E-state index contributed by atoms with van der Waals surface area (Å²) in [5, 5.41) is 0. The van der Waals surface area contributed by atoms with Gasteiger partial charge in [-0.25, -0.2) is 4.79 Å². The normalized spacial score (nSPS) is 7.87. The van der Waals surface area contributed by atoms with Crippen molar-refractivity contribution in [3.8, 4) is 0 Å². The van der Waals surface area contributed by atoms with Crippen molar-refractivity contribution in [1.82, 2.24) is 0 Å². The summed E-state index contributed by atoms with van der Waals surface area (Å²) in [5.74, 6) is 0.866. The van der Waals surface area contributed by atoms with Crippen molar-refractivity contribution in [2.24, 2.45) is 5.73 Å². The van der Waals surface area contributed by atoms with Gasteiger partial charge in [0.05, 0.1) is 12.9 Å². The lowest BCUT2D eigenvalue weighted by Gasteiger charge is -1.89. The first-order valence-corrected chi connectivity index (χ1v) is 4.19. The number of primary amides is 1. The summed E-state index contributed by atoms with van der Waals surface area (Å²) in [5.41, 5.74) is 5.51. The number of carbonyl (C=O) groups excluding carboxylic acids is 1. The van der Waals surface area contributed by atoms with E-state index in [1.807, 2.05) is 19.1 Å². The summed E-state index contributed by atoms with van der Waals surface area (Å²) in [6.07, 6.45) is 0.932. The number of rotatable bonds is 2. The Morgan fingerprint density at radius 3 is 2.40 bits per heavy atom. The van der Waals surface area contributed by atoms with Gasteiger partial charge in [-0.05, 0) is 31.6 Å². The molecule has 4 heteroatoms. The molecule has 0 saturated carbocycles. The Kier molecular flexibility index (Phi) is 9.31. The average Bonchev–Trinajstić information content (AvgIpc) is 2.56. The minimum absolute atomic E-state index is 0. The molecule has 0 saturated heterocycles. The predicted octanol–water partition coefficient (Wildman–Crippen LogP) is 3.05. The molecule has 86 valence electrons. The molecule has 1 amide bonds. The van der Waals surface area contributed by atoms with Gasteiger partial charge in [-0.3, -0.25) is 0 Å². The molecule has 1 heterocycles. The molecule has 0 spiro atoms. The molecule has 0 bridgehead atoms. The molecular weight excluding hydrogens is 194 g/mol. The summed E-state index contributed by atoms with van der Waals surface area (Å²) >= 11 is 0. The van der Waals surface area contributed by atoms with Gasteiger partial charge in [0.25, 0.3) is 0 Å². The standard InChI is InChI=1S/C7H8O.C3H7NO2.CH4/c1-6(2)7-4-3-5-8-7;1-2-6-3(4)5;/h3-5H,1H2,2H3;2H2,1H3,(H2,4,5);1H4. The molecule has 15 heavy (non-hydrogen) atoms. The minimum Gasteiger partial charge on any atom is -0.465 e. The van der Waals surface area contributed by atoms with Crippen LogP contribution in [-0.2, 0) is 4.74 Å². The Balaban J connectivity index is 0. The fourth-order valence-electron chi connectivity index (χ4n) is 0.664. The number of carbonyl (C=O) groups is 1. The second-order valence-electron chi connectivity index (χ2n) is 2.51. The van der Waals surface area contributed by atoms with Gasteiger partial charge >= 0.3 is 6.09 Å². The average molecular weight is 213 g/mol. The Morgan fingerprint density at radius 1 is 1.67 bits per heavy atom. The number of furan rings is 1. The molecule has 0 unspecified atom stereocenters. The van der Waals surface area contributed by atoms with Gasteiger partial charge in [-0.2, -0.15) is 0 Å². The molecule has 0 aliphatic carbocycles. The van der Waals surface area contributed by atoms with Crippen molar-refractivity contribution < 1.29 is 13.9 Å². The highest BCUT2D eigenvalue weighted by molar-refractivity contribution is 5.64. The fourth-order valence-corrected chi connectivity index (χ4v) is 0.664. The Bertz CT molecular complexity index is 278. The molecule has 1 rings (SSSR count). The molecule has 4 nitrogen and oxygen atoms in total. The summed E-state index contributed by atoms with van der Waals surface area (Å²) in [7, 11) is 0. The van der Waals surface area contributed by atoms with Crippen LogP contribution in [0.3, 0.4) is 0 Å². The highest BCUT2D eigenvalue weighted by atomic mass is 16.5. The number of allylic oxidation sites excluding steroid dienone is 1. The summed E-state index contributed by atoms with van der Waals surface area (Å²) in [6, 6.07) is 3.74. The van der Waals surface area contributed by atoms with E-state index in [9.17, 15) is 4.79 Å². The van der Waals surface area contributed by atoms with Crippen molar-refractivity contribution >= 4 is 11.7 Å². The zero-order valence-electron chi connectivity index (χ0n) is 8.45. The maximum Gasteiger partial charge on any atom is 0.404 e. The Hall–Kier alpha value is -1.71. The molecule has 0 atom stereocenters. The first-order valence-electron chi connectivity index (χ1n) is 4.19. The predicted molar refractivity (Wildman–Crippen MR) is 61.4 cm³/mol. The van der Waals surface area contributed by atoms with Crippen LogP contribution in [0.15, 0.2) is 29.4 Å². The van der Waals surface area contributed by atoms with Gasteiger partial charge in [0.1, 0.15) is 5.76 Å². The third-order valence-corrected chi connectivity index (χ3v) is 1.23. The molecule has 0 aliphatic rings. The second kappa shape index (κ2) is 8.87. The van der Waals surface area contributed by atoms with Crippen LogP contribution in [0.5, 0.6) is 0 Å². The van der Waals surface area contributed by atoms with Crippen LogP contribution in [0.25, 0.3) is 5.57 Å². The third-order valence-electron chi connectivity index (χ3n) is 1.23. The molecule has 1 aromatic rings. The van der Waals surface area contributed by atoms with Crippen LogP contribution in [0.2, 0.25) is 0 Å². The quantitative estimate of drug-likeness (QED) is 0.821. The highest BCUT2D eigenvalue weighted by Crippen LogP contribution is 2.09. The molecular formula is C11H19NO3. The first kappa shape index (κ1) is 15.7. The SMILES string of the molecule is C.C=C(C)c1ccco1.CCOC(N)=O. The van der Waals surface area contributed by atoms with E-state index in [-0.39, 0.29) is 7.43 Å². The van der Waals surface area contributed by atoms with Crippen LogP contribution in [-0.4, -0.2) is 12.7 Å². The summed E-state index contributed by atoms with van der Waals surface area (Å²) in [4.78, 5) is 9.60. The van der Waals surface area contributed by atoms with Crippen LogP contribution in [0.4, 0.5) is 4.79 Å². The zero-order chi connectivity index (χ0) is 11.0. The van der Waals surface area contributed by atoms with Crippen LogP contribution in [0.1, 0.15) is 27.0 Å². The number of ether oxygens (including phenoxy) is 1. The first-order chi connectivity index (χ1) is 6.57. The number of amides is 1. The highest BCUT2D eigenvalue weighted by Gasteiger charge is 1.90. The Morgan fingerprint density at radius 2 is 2.27 bits per heavy atom. The van der Waals surface area contributed by atoms with Gasteiger partial charge in [-0.15, -0.1) is 0 Å². The smallest absolute Gasteiger partial charge is 0.404 e. The molecule has 0 radical (unpaired) electrons. The Labute approximate surface area is 90.7 Å². The van der Waals surface area contributed by atoms with Crippen molar-refractivity contribution in [2.45, 2.75) is 21.3 Å². The molecule has 0 fully saturated rings. The molecule has 1 aromatic heterocycles. The van der Waals surface area contributed by atoms with E-state index in [1.54, 1.807) is 13.2 Å². The van der Waals surface area contributed by atoms with E-state index in [0.29, 0.717) is 6.61 Å². The zero-order valence-corrected chi connectivity index (χ0v) is 8.45. The van der Waals surface area contributed by atoms with E-state index in [4.69, 9.17) is 4.42 Å². The van der Waals surface area contributed by atoms with Gasteiger partial charge in [0.15, 0.2) is 0 Å².